The number of allylic oxidation sites excluding steroid dienone is 2. The van der Waals surface area contributed by atoms with Crippen molar-refractivity contribution in [2.75, 3.05) is 0 Å². The lowest BCUT2D eigenvalue weighted by atomic mass is 10.4. The Morgan fingerprint density at radius 3 is 2.22 bits per heavy atom. The molecule has 0 fully saturated rings. The molecule has 0 saturated heterocycles. The molecule has 0 heterocycles. The van der Waals surface area contributed by atoms with Crippen LogP contribution in [0.1, 0.15) is 6.92 Å². The van der Waals surface area contributed by atoms with Gasteiger partial charge in [0.2, 0.25) is 0 Å². The molecule has 0 aromatic rings. The third-order valence-electron chi connectivity index (χ3n) is 0.525. The summed E-state index contributed by atoms with van der Waals surface area (Å²) in [4.78, 5) is 0. The molecule has 1 N–H and O–H groups in total. The van der Waals surface area contributed by atoms with Crippen LogP contribution in [0.3, 0.4) is 0 Å². The van der Waals surface area contributed by atoms with Gasteiger partial charge in [-0.25, -0.2) is 0 Å². The topological polar surface area (TPSA) is 54.4 Å². The molecule has 0 aromatic carbocycles. The van der Waals surface area contributed by atoms with Crippen LogP contribution in [-0.4, -0.2) is 13.0 Å². The summed E-state index contributed by atoms with van der Waals surface area (Å²) < 4.78 is 28.0. The van der Waals surface area contributed by atoms with Crippen molar-refractivity contribution in [1.82, 2.24) is 0 Å². The Bertz CT molecular complexity index is 223. The van der Waals surface area contributed by atoms with Crippen LogP contribution in [0.25, 0.3) is 0 Å². The van der Waals surface area contributed by atoms with Crippen molar-refractivity contribution in [3.8, 4) is 0 Å². The van der Waals surface area contributed by atoms with Crippen LogP contribution in [0, 0.1) is 0 Å². The molecule has 0 unspecified atom stereocenters. The number of rotatable bonds is 2. The summed E-state index contributed by atoms with van der Waals surface area (Å²) in [5.74, 6) is 0. The molecule has 0 atom stereocenters. The van der Waals surface area contributed by atoms with E-state index in [1.54, 1.807) is 6.92 Å². The van der Waals surface area contributed by atoms with Gasteiger partial charge in [0.15, 0.2) is 0 Å². The van der Waals surface area contributed by atoms with E-state index in [1.165, 1.54) is 6.08 Å². The van der Waals surface area contributed by atoms with Crippen molar-refractivity contribution in [3.05, 3.63) is 23.6 Å². The number of hydrogen-bond acceptors (Lipinski definition) is 2. The van der Waals surface area contributed by atoms with Gasteiger partial charge in [0.25, 0.3) is 10.1 Å². The van der Waals surface area contributed by atoms with Gasteiger partial charge in [-0.15, -0.1) is 0 Å². The lowest BCUT2D eigenvalue weighted by molar-refractivity contribution is 0.494. The van der Waals surface area contributed by atoms with E-state index in [4.69, 9.17) is 4.55 Å². The zero-order chi connectivity index (χ0) is 7.49. The Hall–Kier alpha value is -0.610. The summed E-state index contributed by atoms with van der Waals surface area (Å²) in [7, 11) is -3.96. The zero-order valence-corrected chi connectivity index (χ0v) is 5.85. The van der Waals surface area contributed by atoms with Crippen molar-refractivity contribution in [2.24, 2.45) is 0 Å². The van der Waals surface area contributed by atoms with Gasteiger partial charge >= 0.3 is 0 Å². The summed E-state index contributed by atoms with van der Waals surface area (Å²) in [5, 5.41) is 0.690. The molecule has 4 heteroatoms. The van der Waals surface area contributed by atoms with E-state index in [-0.39, 0.29) is 0 Å². The maximum absolute atomic E-state index is 9.96. The van der Waals surface area contributed by atoms with Crippen LogP contribution in [0.5, 0.6) is 0 Å². The molecule has 3 nitrogen and oxygen atoms in total. The van der Waals surface area contributed by atoms with Crippen LogP contribution in [-0.2, 0) is 10.1 Å². The lowest BCUT2D eigenvalue weighted by Gasteiger charge is -1.83. The fourth-order valence-electron chi connectivity index (χ4n) is 0.202. The Morgan fingerprint density at radius 1 is 1.67 bits per heavy atom. The second-order valence-electron chi connectivity index (χ2n) is 1.66. The molecule has 0 aliphatic rings. The molecule has 0 aromatic heterocycles. The van der Waals surface area contributed by atoms with Crippen molar-refractivity contribution in [3.63, 3.8) is 0 Å². The quantitative estimate of drug-likeness (QED) is 0.469. The smallest absolute Gasteiger partial charge is 0.282 e. The molecular formula is C5H8O3S. The average molecular weight is 148 g/mol. The van der Waals surface area contributed by atoms with Gasteiger partial charge in [-0.2, -0.15) is 8.42 Å². The van der Waals surface area contributed by atoms with Crippen molar-refractivity contribution in [2.45, 2.75) is 6.92 Å². The molecule has 0 radical (unpaired) electrons. The molecule has 0 amide bonds. The van der Waals surface area contributed by atoms with E-state index < -0.39 is 10.1 Å². The Kier molecular flexibility index (Phi) is 2.61. The van der Waals surface area contributed by atoms with Crippen LogP contribution in [0.2, 0.25) is 0 Å². The summed E-state index contributed by atoms with van der Waals surface area (Å²) in [6, 6.07) is 0. The first-order chi connectivity index (χ1) is 3.92. The average Bonchev–Trinajstić information content (AvgIpc) is 1.59. The highest BCUT2D eigenvalue weighted by Gasteiger charge is 1.92. The Labute approximate surface area is 54.4 Å². The molecule has 0 bridgehead atoms. The van der Waals surface area contributed by atoms with Crippen molar-refractivity contribution < 1.29 is 13.0 Å². The highest BCUT2D eigenvalue weighted by atomic mass is 32.2. The molecule has 52 valence electrons. The van der Waals surface area contributed by atoms with E-state index >= 15 is 0 Å². The fraction of sp³-hybridized carbons (Fsp3) is 0.200. The van der Waals surface area contributed by atoms with E-state index in [1.807, 2.05) is 0 Å². The van der Waals surface area contributed by atoms with E-state index in [0.717, 1.165) is 0 Å². The zero-order valence-electron chi connectivity index (χ0n) is 5.03. The molecule has 0 saturated carbocycles. The highest BCUT2D eigenvalue weighted by Crippen LogP contribution is 1.92. The summed E-state index contributed by atoms with van der Waals surface area (Å²) in [5.41, 5.74) is 0.577. The van der Waals surface area contributed by atoms with Crippen LogP contribution >= 0.6 is 0 Å². The molecule has 0 aliphatic carbocycles. The molecule has 0 spiro atoms. The van der Waals surface area contributed by atoms with Crippen molar-refractivity contribution >= 4 is 10.1 Å². The van der Waals surface area contributed by atoms with Gasteiger partial charge in [-0.1, -0.05) is 12.2 Å². The molecular weight excluding hydrogens is 140 g/mol. The van der Waals surface area contributed by atoms with Gasteiger partial charge in [-0.3, -0.25) is 4.55 Å². The lowest BCUT2D eigenvalue weighted by Crippen LogP contribution is -1.88. The minimum Gasteiger partial charge on any atom is -0.282 e. The van der Waals surface area contributed by atoms with Gasteiger partial charge in [0.05, 0.1) is 5.41 Å². The first kappa shape index (κ1) is 8.39. The minimum absolute atomic E-state index is 0.577. The van der Waals surface area contributed by atoms with E-state index in [0.29, 0.717) is 11.0 Å². The number of hydrogen-bond donors (Lipinski definition) is 1. The second-order valence-corrected chi connectivity index (χ2v) is 2.97. The van der Waals surface area contributed by atoms with Crippen LogP contribution < -0.4 is 0 Å². The molecule has 0 aliphatic heterocycles. The maximum atomic E-state index is 9.96. The first-order valence-electron chi connectivity index (χ1n) is 2.23. The van der Waals surface area contributed by atoms with Crippen LogP contribution in [0.4, 0.5) is 0 Å². The molecule has 0 rings (SSSR count). The summed E-state index contributed by atoms with van der Waals surface area (Å²) in [6.07, 6.45) is 1.22. The SMILES string of the molecule is C=C(C)C=CS(=O)(=O)O. The monoisotopic (exact) mass is 148 g/mol. The standard InChI is InChI=1S/C5H8O3S/c1-5(2)3-4-9(6,7)8/h3-4H,1H2,2H3,(H,6,7,8). The van der Waals surface area contributed by atoms with Gasteiger partial charge in [0.1, 0.15) is 0 Å². The van der Waals surface area contributed by atoms with E-state index in [2.05, 4.69) is 6.58 Å². The Balaban J connectivity index is 4.21. The van der Waals surface area contributed by atoms with Crippen molar-refractivity contribution in [1.29, 1.82) is 0 Å². The fourth-order valence-corrected chi connectivity index (χ4v) is 0.606. The maximum Gasteiger partial charge on any atom is 0.287 e. The largest absolute Gasteiger partial charge is 0.287 e. The predicted molar refractivity (Wildman–Crippen MR) is 35.5 cm³/mol. The minimum atomic E-state index is -3.96. The van der Waals surface area contributed by atoms with Gasteiger partial charge in [-0.05, 0) is 13.0 Å². The second kappa shape index (κ2) is 2.80. The van der Waals surface area contributed by atoms with Gasteiger partial charge in [0, 0.05) is 0 Å². The third-order valence-corrected chi connectivity index (χ3v) is 1.00. The van der Waals surface area contributed by atoms with Gasteiger partial charge < -0.3 is 0 Å². The summed E-state index contributed by atoms with van der Waals surface area (Å²) >= 11 is 0. The molecule has 9 heavy (non-hydrogen) atoms. The predicted octanol–water partition coefficient (Wildman–Crippen LogP) is 0.964. The highest BCUT2D eigenvalue weighted by molar-refractivity contribution is 7.88. The third kappa shape index (κ3) is 7.39. The normalized spacial score (nSPS) is 12.2. The first-order valence-corrected chi connectivity index (χ1v) is 3.73. The summed E-state index contributed by atoms with van der Waals surface area (Å²) in [6.45, 7) is 5.02. The van der Waals surface area contributed by atoms with E-state index in [9.17, 15) is 8.42 Å². The van der Waals surface area contributed by atoms with Crippen LogP contribution in [0.15, 0.2) is 23.6 Å². The Morgan fingerprint density at radius 2 is 2.11 bits per heavy atom.